The largest absolute Gasteiger partial charge is 0.410 e. The third-order valence-corrected chi connectivity index (χ3v) is 1.87. The van der Waals surface area contributed by atoms with Crippen LogP contribution in [0.25, 0.3) is 0 Å². The highest BCUT2D eigenvalue weighted by atomic mass is 35.5. The highest BCUT2D eigenvalue weighted by molar-refractivity contribution is 6.31. The van der Waals surface area contributed by atoms with Gasteiger partial charge in [0.05, 0.1) is 5.02 Å². The Bertz CT molecular complexity index is 331. The Labute approximate surface area is 79.2 Å². The van der Waals surface area contributed by atoms with Gasteiger partial charge in [0.1, 0.15) is 11.6 Å². The summed E-state index contributed by atoms with van der Waals surface area (Å²) in [4.78, 5) is 10.3. The summed E-state index contributed by atoms with van der Waals surface area (Å²) in [6.07, 6.45) is -1.00. The second-order valence-electron chi connectivity index (χ2n) is 2.43. The molecule has 70 valence electrons. The van der Waals surface area contributed by atoms with Gasteiger partial charge in [-0.05, 0) is 6.92 Å². The molecule has 0 saturated carbocycles. The van der Waals surface area contributed by atoms with Crippen LogP contribution in [-0.2, 0) is 0 Å². The van der Waals surface area contributed by atoms with Crippen LogP contribution in [0.5, 0.6) is 5.75 Å². The summed E-state index contributed by atoms with van der Waals surface area (Å²) in [5, 5.41) is 0.191. The van der Waals surface area contributed by atoms with E-state index in [4.69, 9.17) is 17.3 Å². The smallest absolute Gasteiger partial charge is 0.409 e. The van der Waals surface area contributed by atoms with Gasteiger partial charge in [-0.3, -0.25) is 0 Å². The van der Waals surface area contributed by atoms with Crippen LogP contribution in [0, 0.1) is 12.7 Å². The van der Waals surface area contributed by atoms with Gasteiger partial charge in [0.15, 0.2) is 0 Å². The number of halogens is 2. The number of ether oxygens (including phenoxy) is 1. The number of carbonyl (C=O) groups excluding carboxylic acids is 1. The molecular formula is C8H7ClFNO2. The SMILES string of the molecule is Cc1c(F)cc(OC(N)=O)cc1Cl. The number of primary amides is 1. The van der Waals surface area contributed by atoms with Gasteiger partial charge in [-0.15, -0.1) is 0 Å². The van der Waals surface area contributed by atoms with E-state index in [0.29, 0.717) is 5.56 Å². The third-order valence-electron chi connectivity index (χ3n) is 1.47. The van der Waals surface area contributed by atoms with E-state index in [1.807, 2.05) is 0 Å². The first-order valence-electron chi connectivity index (χ1n) is 3.43. The predicted molar refractivity (Wildman–Crippen MR) is 46.4 cm³/mol. The van der Waals surface area contributed by atoms with Crippen LogP contribution in [0.2, 0.25) is 5.02 Å². The lowest BCUT2D eigenvalue weighted by Gasteiger charge is -2.04. The zero-order valence-corrected chi connectivity index (χ0v) is 7.56. The number of amides is 1. The van der Waals surface area contributed by atoms with E-state index in [9.17, 15) is 9.18 Å². The van der Waals surface area contributed by atoms with Crippen LogP contribution in [0.1, 0.15) is 5.56 Å². The molecule has 5 heteroatoms. The molecule has 0 radical (unpaired) electrons. The Morgan fingerprint density at radius 1 is 1.62 bits per heavy atom. The van der Waals surface area contributed by atoms with Gasteiger partial charge in [0.2, 0.25) is 0 Å². The van der Waals surface area contributed by atoms with E-state index in [-0.39, 0.29) is 10.8 Å². The molecule has 0 aliphatic heterocycles. The van der Waals surface area contributed by atoms with Crippen molar-refractivity contribution in [1.29, 1.82) is 0 Å². The molecule has 1 aromatic carbocycles. The average molecular weight is 204 g/mol. The first-order chi connectivity index (χ1) is 6.00. The van der Waals surface area contributed by atoms with Gasteiger partial charge in [0, 0.05) is 17.7 Å². The second-order valence-corrected chi connectivity index (χ2v) is 2.84. The molecule has 0 saturated heterocycles. The minimum atomic E-state index is -1.00. The maximum Gasteiger partial charge on any atom is 0.409 e. The molecule has 0 atom stereocenters. The van der Waals surface area contributed by atoms with Crippen molar-refractivity contribution in [3.8, 4) is 5.75 Å². The molecule has 0 fully saturated rings. The van der Waals surface area contributed by atoms with E-state index >= 15 is 0 Å². The van der Waals surface area contributed by atoms with Crippen LogP contribution in [0.4, 0.5) is 9.18 Å². The van der Waals surface area contributed by atoms with Crippen molar-refractivity contribution in [2.45, 2.75) is 6.92 Å². The maximum atomic E-state index is 13.0. The Morgan fingerprint density at radius 2 is 2.23 bits per heavy atom. The fourth-order valence-electron chi connectivity index (χ4n) is 0.797. The minimum Gasteiger partial charge on any atom is -0.410 e. The van der Waals surface area contributed by atoms with E-state index in [2.05, 4.69) is 4.74 Å². The molecule has 3 nitrogen and oxygen atoms in total. The van der Waals surface area contributed by atoms with Gasteiger partial charge in [-0.2, -0.15) is 0 Å². The van der Waals surface area contributed by atoms with Crippen molar-refractivity contribution >= 4 is 17.7 Å². The number of benzene rings is 1. The Hall–Kier alpha value is -1.29. The van der Waals surface area contributed by atoms with Crippen molar-refractivity contribution in [2.24, 2.45) is 5.73 Å². The Kier molecular flexibility index (Phi) is 2.72. The predicted octanol–water partition coefficient (Wildman–Crippen LogP) is 2.25. The molecule has 1 aromatic rings. The van der Waals surface area contributed by atoms with E-state index < -0.39 is 11.9 Å². The van der Waals surface area contributed by atoms with Crippen molar-refractivity contribution < 1.29 is 13.9 Å². The highest BCUT2D eigenvalue weighted by Crippen LogP contribution is 2.24. The molecule has 1 rings (SSSR count). The van der Waals surface area contributed by atoms with E-state index in [1.54, 1.807) is 0 Å². The van der Waals surface area contributed by atoms with Crippen molar-refractivity contribution in [2.75, 3.05) is 0 Å². The third kappa shape index (κ3) is 2.32. The first kappa shape index (κ1) is 9.80. The zero-order chi connectivity index (χ0) is 10.0. The Morgan fingerprint density at radius 3 is 2.69 bits per heavy atom. The first-order valence-corrected chi connectivity index (χ1v) is 3.81. The van der Waals surface area contributed by atoms with Gasteiger partial charge >= 0.3 is 6.09 Å². The van der Waals surface area contributed by atoms with Gasteiger partial charge in [-0.1, -0.05) is 11.6 Å². The second kappa shape index (κ2) is 3.62. The van der Waals surface area contributed by atoms with Crippen LogP contribution in [0.15, 0.2) is 12.1 Å². The highest BCUT2D eigenvalue weighted by Gasteiger charge is 2.07. The quantitative estimate of drug-likeness (QED) is 0.761. The molecule has 0 bridgehead atoms. The topological polar surface area (TPSA) is 52.3 Å². The molecule has 2 N–H and O–H groups in total. The lowest BCUT2D eigenvalue weighted by molar-refractivity contribution is 0.210. The van der Waals surface area contributed by atoms with Crippen LogP contribution < -0.4 is 10.5 Å². The summed E-state index contributed by atoms with van der Waals surface area (Å²) < 4.78 is 17.4. The van der Waals surface area contributed by atoms with Crippen molar-refractivity contribution in [3.05, 3.63) is 28.5 Å². The van der Waals surface area contributed by atoms with Gasteiger partial charge < -0.3 is 10.5 Å². The molecular weight excluding hydrogens is 197 g/mol. The van der Waals surface area contributed by atoms with Crippen LogP contribution in [-0.4, -0.2) is 6.09 Å². The number of nitrogens with two attached hydrogens (primary N) is 1. The molecule has 0 aliphatic rings. The van der Waals surface area contributed by atoms with Crippen LogP contribution >= 0.6 is 11.6 Å². The number of hydrogen-bond donors (Lipinski definition) is 1. The van der Waals surface area contributed by atoms with Gasteiger partial charge in [0.25, 0.3) is 0 Å². The fraction of sp³-hybridized carbons (Fsp3) is 0.125. The summed E-state index contributed by atoms with van der Waals surface area (Å²) in [5.41, 5.74) is 5.04. The normalized spacial score (nSPS) is 9.77. The molecule has 0 aromatic heterocycles. The number of carbonyl (C=O) groups is 1. The summed E-state index contributed by atoms with van der Waals surface area (Å²) in [6.45, 7) is 1.52. The molecule has 0 unspecified atom stereocenters. The van der Waals surface area contributed by atoms with E-state index in [0.717, 1.165) is 6.07 Å². The summed E-state index contributed by atoms with van der Waals surface area (Å²) in [7, 11) is 0. The monoisotopic (exact) mass is 203 g/mol. The summed E-state index contributed by atoms with van der Waals surface area (Å²) in [5.74, 6) is -0.538. The molecule has 0 spiro atoms. The van der Waals surface area contributed by atoms with Crippen LogP contribution in [0.3, 0.4) is 0 Å². The summed E-state index contributed by atoms with van der Waals surface area (Å²) in [6, 6.07) is 2.37. The fourth-order valence-corrected chi connectivity index (χ4v) is 0.995. The Balaban J connectivity index is 3.06. The van der Waals surface area contributed by atoms with Crippen molar-refractivity contribution in [3.63, 3.8) is 0 Å². The molecule has 1 amide bonds. The lowest BCUT2D eigenvalue weighted by atomic mass is 10.2. The molecule has 0 aliphatic carbocycles. The summed E-state index contributed by atoms with van der Waals surface area (Å²) >= 11 is 5.63. The minimum absolute atomic E-state index is 0.000556. The molecule has 13 heavy (non-hydrogen) atoms. The average Bonchev–Trinajstić information content (AvgIpc) is 1.98. The number of hydrogen-bond acceptors (Lipinski definition) is 2. The maximum absolute atomic E-state index is 13.0. The number of rotatable bonds is 1. The van der Waals surface area contributed by atoms with E-state index in [1.165, 1.54) is 13.0 Å². The van der Waals surface area contributed by atoms with Gasteiger partial charge in [-0.25, -0.2) is 9.18 Å². The zero-order valence-electron chi connectivity index (χ0n) is 6.80. The standard InChI is InChI=1S/C8H7ClFNO2/c1-4-6(9)2-5(3-7(4)10)13-8(11)12/h2-3H,1H3,(H2,11,12). The molecule has 0 heterocycles. The lowest BCUT2D eigenvalue weighted by Crippen LogP contribution is -2.16. The van der Waals surface area contributed by atoms with Crippen molar-refractivity contribution in [1.82, 2.24) is 0 Å².